The number of rotatable bonds is 6. The molecule has 104 valence electrons. The summed E-state index contributed by atoms with van der Waals surface area (Å²) in [5.74, 6) is -0.198. The van der Waals surface area contributed by atoms with Crippen LogP contribution in [0.15, 0.2) is 0 Å². The van der Waals surface area contributed by atoms with Crippen molar-refractivity contribution in [1.82, 2.24) is 10.2 Å². The zero-order valence-electron chi connectivity index (χ0n) is 11.6. The van der Waals surface area contributed by atoms with Crippen LogP contribution in [0.5, 0.6) is 0 Å². The molecule has 0 saturated carbocycles. The first-order valence-corrected chi connectivity index (χ1v) is 6.81. The number of hydrogen-bond donors (Lipinski definition) is 1. The van der Waals surface area contributed by atoms with Gasteiger partial charge in [-0.2, -0.15) is 0 Å². The standard InChI is InChI=1S/C13H24N2O3/c1-4-11(13(17)18-5-2)14-10(3)12(16)15-8-6-7-9-15/h10-11,14H,4-9H2,1-3H3. The molecule has 5 heteroatoms. The van der Waals surface area contributed by atoms with Gasteiger partial charge in [-0.15, -0.1) is 0 Å². The molecule has 0 aromatic rings. The molecule has 1 aliphatic rings. The van der Waals surface area contributed by atoms with Crippen LogP contribution in [-0.2, 0) is 14.3 Å². The number of amides is 1. The van der Waals surface area contributed by atoms with Crippen molar-refractivity contribution in [1.29, 1.82) is 0 Å². The van der Waals surface area contributed by atoms with Crippen molar-refractivity contribution in [2.45, 2.75) is 52.1 Å². The maximum absolute atomic E-state index is 12.1. The van der Waals surface area contributed by atoms with Gasteiger partial charge in [-0.25, -0.2) is 0 Å². The summed E-state index contributed by atoms with van der Waals surface area (Å²) in [4.78, 5) is 25.6. The Morgan fingerprint density at radius 2 is 1.89 bits per heavy atom. The zero-order chi connectivity index (χ0) is 13.5. The van der Waals surface area contributed by atoms with E-state index in [0.717, 1.165) is 25.9 Å². The van der Waals surface area contributed by atoms with Gasteiger partial charge >= 0.3 is 5.97 Å². The first kappa shape index (κ1) is 15.0. The Morgan fingerprint density at radius 3 is 2.39 bits per heavy atom. The number of carbonyl (C=O) groups excluding carboxylic acids is 2. The molecule has 1 N–H and O–H groups in total. The van der Waals surface area contributed by atoms with Crippen molar-refractivity contribution < 1.29 is 14.3 Å². The second-order valence-electron chi connectivity index (χ2n) is 4.63. The van der Waals surface area contributed by atoms with Crippen LogP contribution in [0.3, 0.4) is 0 Å². The van der Waals surface area contributed by atoms with Crippen LogP contribution in [0.1, 0.15) is 40.0 Å². The maximum Gasteiger partial charge on any atom is 0.323 e. The number of carbonyl (C=O) groups is 2. The van der Waals surface area contributed by atoms with Crippen LogP contribution < -0.4 is 5.32 Å². The van der Waals surface area contributed by atoms with E-state index in [1.807, 2.05) is 18.7 Å². The van der Waals surface area contributed by atoms with Gasteiger partial charge in [0.25, 0.3) is 0 Å². The first-order chi connectivity index (χ1) is 8.60. The number of ether oxygens (including phenoxy) is 1. The highest BCUT2D eigenvalue weighted by Gasteiger charge is 2.27. The van der Waals surface area contributed by atoms with E-state index in [1.54, 1.807) is 6.92 Å². The van der Waals surface area contributed by atoms with E-state index in [1.165, 1.54) is 0 Å². The number of esters is 1. The molecular formula is C13H24N2O3. The third-order valence-electron chi connectivity index (χ3n) is 3.22. The summed E-state index contributed by atoms with van der Waals surface area (Å²) in [6.07, 6.45) is 2.78. The fraction of sp³-hybridized carbons (Fsp3) is 0.846. The van der Waals surface area contributed by atoms with E-state index in [-0.39, 0.29) is 17.9 Å². The summed E-state index contributed by atoms with van der Waals surface area (Å²) >= 11 is 0. The van der Waals surface area contributed by atoms with Crippen LogP contribution in [0, 0.1) is 0 Å². The third-order valence-corrected chi connectivity index (χ3v) is 3.22. The van der Waals surface area contributed by atoms with Gasteiger partial charge in [-0.1, -0.05) is 6.92 Å². The molecule has 2 unspecified atom stereocenters. The van der Waals surface area contributed by atoms with Gasteiger partial charge in [0.2, 0.25) is 5.91 Å². The molecule has 1 amide bonds. The molecule has 1 heterocycles. The number of hydrogen-bond acceptors (Lipinski definition) is 4. The molecule has 0 radical (unpaired) electrons. The van der Waals surface area contributed by atoms with Crippen molar-refractivity contribution in [2.75, 3.05) is 19.7 Å². The minimum absolute atomic E-state index is 0.0789. The Kier molecular flexibility index (Phi) is 6.12. The molecule has 2 atom stereocenters. The van der Waals surface area contributed by atoms with E-state index < -0.39 is 6.04 Å². The lowest BCUT2D eigenvalue weighted by atomic mass is 10.2. The fourth-order valence-electron chi connectivity index (χ4n) is 2.18. The second-order valence-corrected chi connectivity index (χ2v) is 4.63. The molecule has 1 fully saturated rings. The minimum atomic E-state index is -0.397. The van der Waals surface area contributed by atoms with Crippen LogP contribution in [0.2, 0.25) is 0 Å². The summed E-state index contributed by atoms with van der Waals surface area (Å²) in [5.41, 5.74) is 0. The summed E-state index contributed by atoms with van der Waals surface area (Å²) in [5, 5.41) is 3.06. The van der Waals surface area contributed by atoms with E-state index in [9.17, 15) is 9.59 Å². The Bertz CT molecular complexity index is 288. The van der Waals surface area contributed by atoms with Gasteiger partial charge < -0.3 is 9.64 Å². The molecule has 0 aromatic heterocycles. The predicted molar refractivity (Wildman–Crippen MR) is 69.1 cm³/mol. The Morgan fingerprint density at radius 1 is 1.28 bits per heavy atom. The van der Waals surface area contributed by atoms with Gasteiger partial charge in [-0.05, 0) is 33.1 Å². The molecule has 1 saturated heterocycles. The average molecular weight is 256 g/mol. The highest BCUT2D eigenvalue weighted by atomic mass is 16.5. The normalized spacial score (nSPS) is 18.5. The number of likely N-dealkylation sites (tertiary alicyclic amines) is 1. The molecule has 18 heavy (non-hydrogen) atoms. The topological polar surface area (TPSA) is 58.6 Å². The van der Waals surface area contributed by atoms with Crippen molar-refractivity contribution in [2.24, 2.45) is 0 Å². The predicted octanol–water partition coefficient (Wildman–Crippen LogP) is 0.929. The molecule has 0 bridgehead atoms. The number of nitrogens with one attached hydrogen (secondary N) is 1. The molecule has 1 aliphatic heterocycles. The van der Waals surface area contributed by atoms with Crippen LogP contribution in [-0.4, -0.2) is 48.6 Å². The monoisotopic (exact) mass is 256 g/mol. The molecular weight excluding hydrogens is 232 g/mol. The lowest BCUT2D eigenvalue weighted by Crippen LogP contribution is -2.50. The third kappa shape index (κ3) is 3.98. The molecule has 5 nitrogen and oxygen atoms in total. The largest absolute Gasteiger partial charge is 0.465 e. The van der Waals surface area contributed by atoms with Crippen molar-refractivity contribution >= 4 is 11.9 Å². The lowest BCUT2D eigenvalue weighted by Gasteiger charge is -2.24. The highest BCUT2D eigenvalue weighted by Crippen LogP contribution is 2.09. The smallest absolute Gasteiger partial charge is 0.323 e. The van der Waals surface area contributed by atoms with Gasteiger partial charge in [-0.3, -0.25) is 14.9 Å². The molecule has 0 spiro atoms. The Hall–Kier alpha value is -1.10. The van der Waals surface area contributed by atoms with E-state index >= 15 is 0 Å². The Balaban J connectivity index is 2.47. The highest BCUT2D eigenvalue weighted by molar-refractivity contribution is 5.83. The Labute approximate surface area is 109 Å². The quantitative estimate of drug-likeness (QED) is 0.718. The molecule has 0 aromatic carbocycles. The van der Waals surface area contributed by atoms with Gasteiger partial charge in [0.15, 0.2) is 0 Å². The number of nitrogens with zero attached hydrogens (tertiary/aromatic N) is 1. The second kappa shape index (κ2) is 7.36. The first-order valence-electron chi connectivity index (χ1n) is 6.81. The summed E-state index contributed by atoms with van der Waals surface area (Å²) in [7, 11) is 0. The fourth-order valence-corrected chi connectivity index (χ4v) is 2.18. The maximum atomic E-state index is 12.1. The zero-order valence-corrected chi connectivity index (χ0v) is 11.6. The average Bonchev–Trinajstić information content (AvgIpc) is 2.88. The minimum Gasteiger partial charge on any atom is -0.465 e. The van der Waals surface area contributed by atoms with Gasteiger partial charge in [0.05, 0.1) is 12.6 Å². The SMILES string of the molecule is CCOC(=O)C(CC)NC(C)C(=O)N1CCCC1. The lowest BCUT2D eigenvalue weighted by molar-refractivity contribution is -0.146. The summed E-state index contributed by atoms with van der Waals surface area (Å²) < 4.78 is 4.97. The van der Waals surface area contributed by atoms with Gasteiger partial charge in [0.1, 0.15) is 6.04 Å². The van der Waals surface area contributed by atoms with E-state index in [2.05, 4.69) is 5.32 Å². The molecule has 0 aliphatic carbocycles. The van der Waals surface area contributed by atoms with E-state index in [4.69, 9.17) is 4.74 Å². The summed E-state index contributed by atoms with van der Waals surface area (Å²) in [6, 6.07) is -0.732. The van der Waals surface area contributed by atoms with Gasteiger partial charge in [0, 0.05) is 13.1 Å². The van der Waals surface area contributed by atoms with Crippen molar-refractivity contribution in [3.63, 3.8) is 0 Å². The van der Waals surface area contributed by atoms with Crippen LogP contribution in [0.4, 0.5) is 0 Å². The van der Waals surface area contributed by atoms with Crippen LogP contribution in [0.25, 0.3) is 0 Å². The van der Waals surface area contributed by atoms with Crippen molar-refractivity contribution in [3.8, 4) is 0 Å². The van der Waals surface area contributed by atoms with Crippen LogP contribution >= 0.6 is 0 Å². The van der Waals surface area contributed by atoms with E-state index in [0.29, 0.717) is 13.0 Å². The van der Waals surface area contributed by atoms with Crippen molar-refractivity contribution in [3.05, 3.63) is 0 Å². The molecule has 1 rings (SSSR count). The summed E-state index contributed by atoms with van der Waals surface area (Å²) in [6.45, 7) is 7.53.